The lowest BCUT2D eigenvalue weighted by Crippen LogP contribution is -2.29. The standard InChI is InChI=1S/C11H14ClF3N2/c1-7-6-8(12)2-3-9(7)10(17-16)4-5-11(13,14)15/h2-3,6,10,17H,4-5,16H2,1H3. The Morgan fingerprint density at radius 2 is 2.06 bits per heavy atom. The summed E-state index contributed by atoms with van der Waals surface area (Å²) in [6.45, 7) is 1.79. The van der Waals surface area contributed by atoms with Crippen molar-refractivity contribution in [2.45, 2.75) is 32.0 Å². The van der Waals surface area contributed by atoms with Crippen LogP contribution in [0.1, 0.15) is 30.0 Å². The Bertz CT molecular complexity index is 379. The third kappa shape index (κ3) is 4.53. The monoisotopic (exact) mass is 266 g/mol. The summed E-state index contributed by atoms with van der Waals surface area (Å²) < 4.78 is 36.4. The van der Waals surface area contributed by atoms with E-state index in [1.165, 1.54) is 0 Å². The lowest BCUT2D eigenvalue weighted by Gasteiger charge is -2.19. The minimum absolute atomic E-state index is 0.0948. The summed E-state index contributed by atoms with van der Waals surface area (Å²) in [4.78, 5) is 0. The molecule has 0 heterocycles. The molecule has 0 aromatic heterocycles. The normalized spacial score (nSPS) is 13.8. The van der Waals surface area contributed by atoms with E-state index < -0.39 is 18.6 Å². The lowest BCUT2D eigenvalue weighted by atomic mass is 9.98. The predicted octanol–water partition coefficient (Wildman–Crippen LogP) is 3.50. The molecule has 0 aliphatic rings. The van der Waals surface area contributed by atoms with E-state index in [4.69, 9.17) is 17.4 Å². The van der Waals surface area contributed by atoms with Crippen LogP contribution in [0.25, 0.3) is 0 Å². The van der Waals surface area contributed by atoms with Crippen LogP contribution in [-0.2, 0) is 0 Å². The Morgan fingerprint density at radius 3 is 2.53 bits per heavy atom. The molecule has 0 saturated carbocycles. The quantitative estimate of drug-likeness (QED) is 0.647. The maximum atomic E-state index is 12.1. The van der Waals surface area contributed by atoms with Crippen molar-refractivity contribution in [1.29, 1.82) is 0 Å². The summed E-state index contributed by atoms with van der Waals surface area (Å²) in [6.07, 6.45) is -5.14. The van der Waals surface area contributed by atoms with E-state index in [1.807, 2.05) is 0 Å². The second-order valence-corrected chi connectivity index (χ2v) is 4.31. The molecule has 1 aromatic rings. The number of aryl methyl sites for hydroxylation is 1. The van der Waals surface area contributed by atoms with Crippen molar-refractivity contribution in [3.05, 3.63) is 34.3 Å². The third-order valence-corrected chi connectivity index (χ3v) is 2.76. The van der Waals surface area contributed by atoms with Crippen LogP contribution < -0.4 is 11.3 Å². The zero-order chi connectivity index (χ0) is 13.1. The van der Waals surface area contributed by atoms with Crippen LogP contribution in [0.5, 0.6) is 0 Å². The molecule has 0 fully saturated rings. The van der Waals surface area contributed by atoms with Gasteiger partial charge in [-0.15, -0.1) is 0 Å². The van der Waals surface area contributed by atoms with Gasteiger partial charge in [-0.2, -0.15) is 13.2 Å². The zero-order valence-electron chi connectivity index (χ0n) is 9.31. The Balaban J connectivity index is 2.79. The summed E-state index contributed by atoms with van der Waals surface area (Å²) >= 11 is 5.78. The van der Waals surface area contributed by atoms with Gasteiger partial charge in [0.1, 0.15) is 0 Å². The first kappa shape index (κ1) is 14.3. The second kappa shape index (κ2) is 5.71. The number of hydrogen-bond donors (Lipinski definition) is 2. The molecule has 0 aliphatic carbocycles. The van der Waals surface area contributed by atoms with Gasteiger partial charge in [0, 0.05) is 17.5 Å². The van der Waals surface area contributed by atoms with Crippen LogP contribution in [-0.4, -0.2) is 6.18 Å². The van der Waals surface area contributed by atoms with Gasteiger partial charge in [-0.3, -0.25) is 11.3 Å². The summed E-state index contributed by atoms with van der Waals surface area (Å²) in [5.41, 5.74) is 3.97. The molecule has 0 radical (unpaired) electrons. The van der Waals surface area contributed by atoms with Gasteiger partial charge in [-0.1, -0.05) is 17.7 Å². The van der Waals surface area contributed by atoms with Crippen molar-refractivity contribution in [3.8, 4) is 0 Å². The second-order valence-electron chi connectivity index (χ2n) is 3.87. The Kier molecular flexibility index (Phi) is 4.80. The molecule has 3 N–H and O–H groups in total. The molecule has 0 saturated heterocycles. The van der Waals surface area contributed by atoms with Gasteiger partial charge in [0.2, 0.25) is 0 Å². The van der Waals surface area contributed by atoms with E-state index in [9.17, 15) is 13.2 Å². The average molecular weight is 267 g/mol. The Morgan fingerprint density at radius 1 is 1.41 bits per heavy atom. The number of nitrogens with two attached hydrogens (primary N) is 1. The molecule has 2 nitrogen and oxygen atoms in total. The smallest absolute Gasteiger partial charge is 0.271 e. The van der Waals surface area contributed by atoms with Crippen LogP contribution in [0.15, 0.2) is 18.2 Å². The van der Waals surface area contributed by atoms with Crippen molar-refractivity contribution in [2.24, 2.45) is 5.84 Å². The average Bonchev–Trinajstić information content (AvgIpc) is 2.19. The third-order valence-electron chi connectivity index (χ3n) is 2.52. The summed E-state index contributed by atoms with van der Waals surface area (Å²) in [6, 6.07) is 4.52. The highest BCUT2D eigenvalue weighted by molar-refractivity contribution is 6.30. The highest BCUT2D eigenvalue weighted by Gasteiger charge is 2.28. The molecule has 0 spiro atoms. The highest BCUT2D eigenvalue weighted by Crippen LogP contribution is 2.29. The topological polar surface area (TPSA) is 38.0 Å². The molecule has 96 valence electrons. The number of halogens is 4. The van der Waals surface area contributed by atoms with Crippen molar-refractivity contribution in [2.75, 3.05) is 0 Å². The van der Waals surface area contributed by atoms with Gasteiger partial charge in [0.05, 0.1) is 0 Å². The van der Waals surface area contributed by atoms with Gasteiger partial charge in [-0.25, -0.2) is 0 Å². The molecule has 17 heavy (non-hydrogen) atoms. The van der Waals surface area contributed by atoms with Crippen LogP contribution in [0.3, 0.4) is 0 Å². The largest absolute Gasteiger partial charge is 0.389 e. The Hall–Kier alpha value is -0.780. The molecular formula is C11H14ClF3N2. The van der Waals surface area contributed by atoms with E-state index in [0.717, 1.165) is 11.1 Å². The summed E-state index contributed by atoms with van der Waals surface area (Å²) in [5, 5.41) is 0.554. The number of rotatable bonds is 4. The van der Waals surface area contributed by atoms with Crippen LogP contribution in [0.4, 0.5) is 13.2 Å². The van der Waals surface area contributed by atoms with E-state index >= 15 is 0 Å². The fourth-order valence-electron chi connectivity index (χ4n) is 1.67. The minimum atomic E-state index is -4.17. The van der Waals surface area contributed by atoms with E-state index in [-0.39, 0.29) is 6.42 Å². The first-order valence-electron chi connectivity index (χ1n) is 5.12. The van der Waals surface area contributed by atoms with Crippen molar-refractivity contribution < 1.29 is 13.2 Å². The first-order chi connectivity index (χ1) is 7.83. The maximum Gasteiger partial charge on any atom is 0.389 e. The molecule has 6 heteroatoms. The van der Waals surface area contributed by atoms with Gasteiger partial charge in [0.15, 0.2) is 0 Å². The minimum Gasteiger partial charge on any atom is -0.271 e. The molecular weight excluding hydrogens is 253 g/mol. The number of nitrogens with one attached hydrogen (secondary N) is 1. The number of benzene rings is 1. The molecule has 0 bridgehead atoms. The van der Waals surface area contributed by atoms with E-state index in [2.05, 4.69) is 5.43 Å². The van der Waals surface area contributed by atoms with Crippen LogP contribution >= 0.6 is 11.6 Å². The lowest BCUT2D eigenvalue weighted by molar-refractivity contribution is -0.136. The van der Waals surface area contributed by atoms with E-state index in [1.54, 1.807) is 25.1 Å². The van der Waals surface area contributed by atoms with Crippen LogP contribution in [0, 0.1) is 6.92 Å². The fraction of sp³-hybridized carbons (Fsp3) is 0.455. The van der Waals surface area contributed by atoms with E-state index in [0.29, 0.717) is 5.02 Å². The van der Waals surface area contributed by atoms with Crippen molar-refractivity contribution in [1.82, 2.24) is 5.43 Å². The number of hydrogen-bond acceptors (Lipinski definition) is 2. The SMILES string of the molecule is Cc1cc(Cl)ccc1C(CCC(F)(F)F)NN. The van der Waals surface area contributed by atoms with Gasteiger partial charge in [-0.05, 0) is 36.6 Å². The molecule has 1 atom stereocenters. The molecule has 1 rings (SSSR count). The maximum absolute atomic E-state index is 12.1. The Labute approximate surface area is 103 Å². The van der Waals surface area contributed by atoms with Crippen LogP contribution in [0.2, 0.25) is 5.02 Å². The first-order valence-corrected chi connectivity index (χ1v) is 5.50. The summed E-state index contributed by atoms with van der Waals surface area (Å²) in [7, 11) is 0. The molecule has 1 unspecified atom stereocenters. The number of hydrazine groups is 1. The van der Waals surface area contributed by atoms with Gasteiger partial charge < -0.3 is 0 Å². The molecule has 0 amide bonds. The van der Waals surface area contributed by atoms with Crippen molar-refractivity contribution in [3.63, 3.8) is 0 Å². The van der Waals surface area contributed by atoms with Gasteiger partial charge >= 0.3 is 6.18 Å². The molecule has 0 aliphatic heterocycles. The number of alkyl halides is 3. The summed E-state index contributed by atoms with van der Waals surface area (Å²) in [5.74, 6) is 5.29. The predicted molar refractivity (Wildman–Crippen MR) is 61.5 cm³/mol. The fourth-order valence-corrected chi connectivity index (χ4v) is 1.89. The highest BCUT2D eigenvalue weighted by atomic mass is 35.5. The van der Waals surface area contributed by atoms with Crippen molar-refractivity contribution >= 4 is 11.6 Å². The zero-order valence-corrected chi connectivity index (χ0v) is 10.1. The molecule has 1 aromatic carbocycles. The van der Waals surface area contributed by atoms with Gasteiger partial charge in [0.25, 0.3) is 0 Å².